The highest BCUT2D eigenvalue weighted by Crippen LogP contribution is 2.36. The van der Waals surface area contributed by atoms with Crippen LogP contribution in [-0.2, 0) is 15.5 Å². The van der Waals surface area contributed by atoms with Gasteiger partial charge in [-0.25, -0.2) is 0 Å². The van der Waals surface area contributed by atoms with Gasteiger partial charge < -0.3 is 9.47 Å². The Morgan fingerprint density at radius 3 is 2.11 bits per heavy atom. The Hall–Kier alpha value is -2.56. The monoisotopic (exact) mass is 403 g/mol. The van der Waals surface area contributed by atoms with Crippen molar-refractivity contribution in [3.05, 3.63) is 47.5 Å². The summed E-state index contributed by atoms with van der Waals surface area (Å²) in [5.41, 5.74) is -0.0204. The molecule has 0 aliphatic rings. The smallest absolute Gasteiger partial charge is 0.294 e. The summed E-state index contributed by atoms with van der Waals surface area (Å²) in [4.78, 5) is -0.268. The van der Waals surface area contributed by atoms with E-state index in [1.54, 1.807) is 24.3 Å². The standard InChI is InChI=1S/C21H25NO5S/c1-20(2,3)14-10-15(12-16(11-14)28(23,24)25)26-18-8-7-9-19(17(18)13-22)27-21(4,5)6/h7-12H,1-6H3,(H,23,24,25). The van der Waals surface area contributed by atoms with Crippen LogP contribution in [0.15, 0.2) is 41.3 Å². The van der Waals surface area contributed by atoms with Crippen molar-refractivity contribution in [3.8, 4) is 23.3 Å². The van der Waals surface area contributed by atoms with Crippen molar-refractivity contribution in [2.75, 3.05) is 0 Å². The van der Waals surface area contributed by atoms with Gasteiger partial charge in [0.15, 0.2) is 0 Å². The third kappa shape index (κ3) is 5.47. The van der Waals surface area contributed by atoms with Crippen LogP contribution in [0.5, 0.6) is 17.2 Å². The summed E-state index contributed by atoms with van der Waals surface area (Å²) in [5.74, 6) is 0.801. The molecule has 0 aliphatic heterocycles. The molecule has 28 heavy (non-hydrogen) atoms. The topological polar surface area (TPSA) is 96.6 Å². The third-order valence-corrected chi connectivity index (χ3v) is 4.62. The van der Waals surface area contributed by atoms with E-state index in [1.807, 2.05) is 41.5 Å². The molecule has 0 aromatic heterocycles. The molecule has 1 N–H and O–H groups in total. The van der Waals surface area contributed by atoms with E-state index in [-0.39, 0.29) is 27.4 Å². The molecule has 0 bridgehead atoms. The lowest BCUT2D eigenvalue weighted by Gasteiger charge is -2.23. The lowest BCUT2D eigenvalue weighted by Crippen LogP contribution is -2.23. The second-order valence-electron chi connectivity index (χ2n) is 8.48. The Balaban J connectivity index is 2.57. The molecule has 2 aromatic carbocycles. The molecule has 0 aliphatic carbocycles. The average Bonchev–Trinajstić information content (AvgIpc) is 2.51. The predicted octanol–water partition coefficient (Wildman–Crippen LogP) is 5.07. The molecule has 7 heteroatoms. The number of hydrogen-bond donors (Lipinski definition) is 1. The molecule has 0 amide bonds. The van der Waals surface area contributed by atoms with Crippen molar-refractivity contribution in [3.63, 3.8) is 0 Å². The minimum Gasteiger partial charge on any atom is -0.487 e. The Morgan fingerprint density at radius 2 is 1.61 bits per heavy atom. The van der Waals surface area contributed by atoms with Crippen LogP contribution in [0, 0.1) is 11.3 Å². The van der Waals surface area contributed by atoms with Crippen molar-refractivity contribution in [1.82, 2.24) is 0 Å². The largest absolute Gasteiger partial charge is 0.487 e. The number of ether oxygens (including phenoxy) is 2. The number of hydrogen-bond acceptors (Lipinski definition) is 5. The zero-order valence-electron chi connectivity index (χ0n) is 16.9. The van der Waals surface area contributed by atoms with Crippen LogP contribution in [-0.4, -0.2) is 18.6 Å². The van der Waals surface area contributed by atoms with E-state index in [9.17, 15) is 18.2 Å². The summed E-state index contributed by atoms with van der Waals surface area (Å²) in [6, 6.07) is 11.4. The molecule has 0 spiro atoms. The van der Waals surface area contributed by atoms with Gasteiger partial charge in [0, 0.05) is 6.07 Å². The summed E-state index contributed by atoms with van der Waals surface area (Å²) in [7, 11) is -4.42. The zero-order valence-corrected chi connectivity index (χ0v) is 17.7. The summed E-state index contributed by atoms with van der Waals surface area (Å²) in [6.45, 7) is 11.3. The van der Waals surface area contributed by atoms with Gasteiger partial charge in [-0.3, -0.25) is 4.55 Å². The zero-order chi connectivity index (χ0) is 21.3. The first-order valence-electron chi connectivity index (χ1n) is 8.74. The van der Waals surface area contributed by atoms with Gasteiger partial charge in [-0.05, 0) is 56.0 Å². The van der Waals surface area contributed by atoms with Crippen molar-refractivity contribution < 1.29 is 22.4 Å². The van der Waals surface area contributed by atoms with Gasteiger partial charge in [-0.15, -0.1) is 0 Å². The van der Waals surface area contributed by atoms with Gasteiger partial charge in [0.25, 0.3) is 10.1 Å². The quantitative estimate of drug-likeness (QED) is 0.716. The lowest BCUT2D eigenvalue weighted by molar-refractivity contribution is 0.130. The van der Waals surface area contributed by atoms with Gasteiger partial charge in [0.2, 0.25) is 0 Å². The van der Waals surface area contributed by atoms with E-state index < -0.39 is 15.7 Å². The fraction of sp³-hybridized carbons (Fsp3) is 0.381. The molecule has 0 fully saturated rings. The number of rotatable bonds is 4. The number of benzene rings is 2. The molecule has 2 rings (SSSR count). The van der Waals surface area contributed by atoms with Gasteiger partial charge >= 0.3 is 0 Å². The maximum atomic E-state index is 11.7. The Labute approximate surface area is 166 Å². The minimum absolute atomic E-state index is 0.199. The fourth-order valence-corrected chi connectivity index (χ4v) is 3.00. The average molecular weight is 404 g/mol. The van der Waals surface area contributed by atoms with Crippen molar-refractivity contribution in [2.24, 2.45) is 0 Å². The van der Waals surface area contributed by atoms with Crippen LogP contribution < -0.4 is 9.47 Å². The maximum absolute atomic E-state index is 11.7. The predicted molar refractivity (Wildman–Crippen MR) is 107 cm³/mol. The van der Waals surface area contributed by atoms with E-state index in [0.29, 0.717) is 11.3 Å². The van der Waals surface area contributed by atoms with Gasteiger partial charge in [-0.2, -0.15) is 13.7 Å². The van der Waals surface area contributed by atoms with Crippen LogP contribution in [0.4, 0.5) is 0 Å². The van der Waals surface area contributed by atoms with Crippen molar-refractivity contribution in [2.45, 2.75) is 57.5 Å². The molecule has 2 aromatic rings. The summed E-state index contributed by atoms with van der Waals surface area (Å²) < 4.78 is 44.5. The van der Waals surface area contributed by atoms with Gasteiger partial charge in [0.1, 0.15) is 34.5 Å². The first kappa shape index (κ1) is 21.7. The van der Waals surface area contributed by atoms with E-state index in [1.165, 1.54) is 12.1 Å². The molecule has 0 heterocycles. The Bertz CT molecular complexity index is 1020. The molecule has 0 saturated heterocycles. The molecular weight excluding hydrogens is 378 g/mol. The van der Waals surface area contributed by atoms with E-state index in [2.05, 4.69) is 6.07 Å². The second kappa shape index (κ2) is 7.46. The first-order valence-corrected chi connectivity index (χ1v) is 10.2. The van der Waals surface area contributed by atoms with Gasteiger partial charge in [-0.1, -0.05) is 26.8 Å². The molecular formula is C21H25NO5S. The number of nitriles is 1. The van der Waals surface area contributed by atoms with Gasteiger partial charge in [0.05, 0.1) is 4.90 Å². The molecule has 150 valence electrons. The fourth-order valence-electron chi connectivity index (χ4n) is 2.46. The molecule has 0 radical (unpaired) electrons. The second-order valence-corrected chi connectivity index (χ2v) is 9.90. The van der Waals surface area contributed by atoms with E-state index in [0.717, 1.165) is 0 Å². The van der Waals surface area contributed by atoms with Crippen molar-refractivity contribution >= 4 is 10.1 Å². The summed E-state index contributed by atoms with van der Waals surface area (Å²) in [5, 5.41) is 9.60. The van der Waals surface area contributed by atoms with E-state index in [4.69, 9.17) is 9.47 Å². The molecule has 0 atom stereocenters. The molecule has 0 saturated carbocycles. The van der Waals surface area contributed by atoms with Crippen LogP contribution in [0.3, 0.4) is 0 Å². The molecule has 0 unspecified atom stereocenters. The van der Waals surface area contributed by atoms with E-state index >= 15 is 0 Å². The van der Waals surface area contributed by atoms with Crippen LogP contribution >= 0.6 is 0 Å². The summed E-state index contributed by atoms with van der Waals surface area (Å²) >= 11 is 0. The highest BCUT2D eigenvalue weighted by molar-refractivity contribution is 7.85. The van der Waals surface area contributed by atoms with Crippen LogP contribution in [0.25, 0.3) is 0 Å². The highest BCUT2D eigenvalue weighted by atomic mass is 32.2. The van der Waals surface area contributed by atoms with Crippen LogP contribution in [0.2, 0.25) is 0 Å². The Kier molecular flexibility index (Phi) is 5.79. The molecule has 6 nitrogen and oxygen atoms in total. The normalized spacial score (nSPS) is 12.4. The lowest BCUT2D eigenvalue weighted by atomic mass is 9.87. The number of nitrogens with zero attached hydrogens (tertiary/aromatic N) is 1. The minimum atomic E-state index is -4.42. The van der Waals surface area contributed by atoms with Crippen molar-refractivity contribution in [1.29, 1.82) is 5.26 Å². The third-order valence-electron chi connectivity index (χ3n) is 3.79. The summed E-state index contributed by atoms with van der Waals surface area (Å²) in [6.07, 6.45) is 0. The maximum Gasteiger partial charge on any atom is 0.294 e. The highest BCUT2D eigenvalue weighted by Gasteiger charge is 2.22. The van der Waals surface area contributed by atoms with Crippen LogP contribution in [0.1, 0.15) is 52.7 Å². The Morgan fingerprint density at radius 1 is 1.00 bits per heavy atom. The first-order chi connectivity index (χ1) is 12.7. The SMILES string of the molecule is CC(C)(C)Oc1cccc(Oc2cc(C(C)(C)C)cc(S(=O)(=O)O)c2)c1C#N.